The average Bonchev–Trinajstić information content (AvgIpc) is 2.54. The number of carbonyl (C=O) groups is 1. The largest absolute Gasteiger partial charge is 0.368 e. The molecule has 2 rings (SSSR count). The highest BCUT2D eigenvalue weighted by atomic mass is 35.5. The third-order valence-corrected chi connectivity index (χ3v) is 3.60. The molecular formula is C14H14ClFN4O4S. The summed E-state index contributed by atoms with van der Waals surface area (Å²) >= 11 is 5.85. The number of hydrogen-bond donors (Lipinski definition) is 4. The number of pyridine rings is 1. The Morgan fingerprint density at radius 2 is 2.12 bits per heavy atom. The van der Waals surface area contributed by atoms with Crippen molar-refractivity contribution in [3.05, 3.63) is 47.0 Å². The lowest BCUT2D eigenvalue weighted by Crippen LogP contribution is -2.23. The maximum absolute atomic E-state index is 14.0. The third-order valence-electron chi connectivity index (χ3n) is 2.98. The fraction of sp³-hybridized carbons (Fsp3) is 0.143. The van der Waals surface area contributed by atoms with E-state index >= 15 is 0 Å². The molecule has 0 aliphatic heterocycles. The predicted octanol–water partition coefficient (Wildman–Crippen LogP) is 1.89. The van der Waals surface area contributed by atoms with Gasteiger partial charge in [0.1, 0.15) is 16.8 Å². The third kappa shape index (κ3) is 5.02. The van der Waals surface area contributed by atoms with E-state index in [2.05, 4.69) is 25.9 Å². The fourth-order valence-electron chi connectivity index (χ4n) is 1.96. The van der Waals surface area contributed by atoms with Gasteiger partial charge in [0.25, 0.3) is 5.91 Å². The number of anilines is 3. The molecule has 134 valence electrons. The number of para-hydroxylation sites is 1. The molecule has 0 atom stereocenters. The molecule has 0 aliphatic carbocycles. The van der Waals surface area contributed by atoms with Crippen molar-refractivity contribution in [1.82, 2.24) is 10.5 Å². The molecule has 1 aromatic heterocycles. The van der Waals surface area contributed by atoms with E-state index in [1.54, 1.807) is 0 Å². The molecule has 0 saturated carbocycles. The monoisotopic (exact) mass is 388 g/mol. The molecule has 2 aromatic rings. The molecule has 0 radical (unpaired) electrons. The minimum atomic E-state index is -2.75. The number of thiol groups is 1. The van der Waals surface area contributed by atoms with E-state index in [9.17, 15) is 17.6 Å². The van der Waals surface area contributed by atoms with Crippen molar-refractivity contribution in [3.63, 3.8) is 0 Å². The summed E-state index contributed by atoms with van der Waals surface area (Å²) in [6.07, 6.45) is 1.22. The van der Waals surface area contributed by atoms with E-state index in [4.69, 9.17) is 11.6 Å². The first kappa shape index (κ1) is 18.9. The van der Waals surface area contributed by atoms with Crippen LogP contribution in [-0.2, 0) is 15.5 Å². The van der Waals surface area contributed by atoms with Gasteiger partial charge in [-0.15, -0.1) is 0 Å². The van der Waals surface area contributed by atoms with Gasteiger partial charge in [-0.2, -0.15) is 0 Å². The minimum Gasteiger partial charge on any atom is -0.368 e. The van der Waals surface area contributed by atoms with E-state index < -0.39 is 28.3 Å². The Bertz CT molecular complexity index is 855. The lowest BCUT2D eigenvalue weighted by molar-refractivity contribution is 0.0538. The lowest BCUT2D eigenvalue weighted by atomic mass is 10.2. The molecule has 0 saturated heterocycles. The Hall–Kier alpha value is -2.43. The first-order valence-electron chi connectivity index (χ1n) is 6.82. The molecule has 0 unspecified atom stereocenters. The molecule has 0 fully saturated rings. The highest BCUT2D eigenvalue weighted by Crippen LogP contribution is 2.30. The molecule has 0 aliphatic rings. The summed E-state index contributed by atoms with van der Waals surface area (Å²) in [6.45, 7) is 0. The molecule has 11 heteroatoms. The van der Waals surface area contributed by atoms with Crippen molar-refractivity contribution in [2.75, 3.05) is 23.6 Å². The zero-order chi connectivity index (χ0) is 18.4. The number of hydroxylamine groups is 1. The number of amides is 1. The smallest absolute Gasteiger partial charge is 0.278 e. The number of nitrogens with one attached hydrogen (secondary N) is 3. The summed E-state index contributed by atoms with van der Waals surface area (Å²) in [5, 5.41) is 5.43. The zero-order valence-electron chi connectivity index (χ0n) is 12.9. The Morgan fingerprint density at radius 1 is 1.36 bits per heavy atom. The second-order valence-corrected chi connectivity index (χ2v) is 6.01. The van der Waals surface area contributed by atoms with Crippen molar-refractivity contribution in [3.8, 4) is 0 Å². The van der Waals surface area contributed by atoms with Crippen LogP contribution >= 0.6 is 11.6 Å². The highest BCUT2D eigenvalue weighted by Gasteiger charge is 2.15. The van der Waals surface area contributed by atoms with E-state index in [0.717, 1.165) is 0 Å². The maximum atomic E-state index is 14.0. The van der Waals surface area contributed by atoms with Gasteiger partial charge in [-0.05, 0) is 18.2 Å². The molecule has 8 nitrogen and oxygen atoms in total. The van der Waals surface area contributed by atoms with Gasteiger partial charge in [0.15, 0.2) is 10.7 Å². The molecular weight excluding hydrogens is 375 g/mol. The van der Waals surface area contributed by atoms with Gasteiger partial charge in [-0.25, -0.2) is 23.3 Å². The van der Waals surface area contributed by atoms with Crippen molar-refractivity contribution < 1.29 is 22.4 Å². The highest BCUT2D eigenvalue weighted by molar-refractivity contribution is 7.72. The van der Waals surface area contributed by atoms with Crippen LogP contribution in [0.3, 0.4) is 0 Å². The molecule has 0 bridgehead atoms. The number of benzene rings is 1. The van der Waals surface area contributed by atoms with Crippen molar-refractivity contribution in [2.24, 2.45) is 0 Å². The summed E-state index contributed by atoms with van der Waals surface area (Å²) in [4.78, 5) is 20.4. The van der Waals surface area contributed by atoms with Crippen molar-refractivity contribution in [2.45, 2.75) is 0 Å². The molecule has 0 spiro atoms. The van der Waals surface area contributed by atoms with Gasteiger partial charge >= 0.3 is 0 Å². The second kappa shape index (κ2) is 8.60. The van der Waals surface area contributed by atoms with Gasteiger partial charge < -0.3 is 10.6 Å². The number of hydrogen-bond acceptors (Lipinski definition) is 7. The van der Waals surface area contributed by atoms with Crippen molar-refractivity contribution >= 4 is 45.3 Å². The second-order valence-electron chi connectivity index (χ2n) is 4.64. The number of halogens is 2. The maximum Gasteiger partial charge on any atom is 0.278 e. The van der Waals surface area contributed by atoms with Gasteiger partial charge in [-0.3, -0.25) is 9.63 Å². The van der Waals surface area contributed by atoms with Crippen molar-refractivity contribution in [1.29, 1.82) is 0 Å². The summed E-state index contributed by atoms with van der Waals surface area (Å²) in [7, 11) is -1.48. The molecule has 1 amide bonds. The van der Waals surface area contributed by atoms with Crippen LogP contribution in [0, 0.1) is 5.82 Å². The minimum absolute atomic E-state index is 0.0623. The average molecular weight is 389 g/mol. The summed E-state index contributed by atoms with van der Waals surface area (Å²) in [5.74, 6) is -1.70. The van der Waals surface area contributed by atoms with E-state index in [1.807, 2.05) is 0 Å². The summed E-state index contributed by atoms with van der Waals surface area (Å²) in [6, 6.07) is 5.48. The van der Waals surface area contributed by atoms with Gasteiger partial charge in [0.2, 0.25) is 0 Å². The number of rotatable bonds is 7. The van der Waals surface area contributed by atoms with E-state index in [0.29, 0.717) is 0 Å². The fourth-order valence-corrected chi connectivity index (χ4v) is 2.40. The Kier molecular flexibility index (Phi) is 6.51. The molecule has 1 aromatic carbocycles. The van der Waals surface area contributed by atoms with E-state index in [1.165, 1.54) is 37.6 Å². The van der Waals surface area contributed by atoms with Crippen LogP contribution in [0.25, 0.3) is 0 Å². The number of aromatic nitrogens is 1. The van der Waals surface area contributed by atoms with Crippen LogP contribution in [0.15, 0.2) is 30.5 Å². The molecule has 3 N–H and O–H groups in total. The Labute approximate surface area is 149 Å². The Morgan fingerprint density at radius 3 is 2.80 bits per heavy atom. The van der Waals surface area contributed by atoms with Gasteiger partial charge in [-0.1, -0.05) is 17.7 Å². The van der Waals surface area contributed by atoms with Crippen LogP contribution in [0.4, 0.5) is 21.5 Å². The predicted molar refractivity (Wildman–Crippen MR) is 92.2 cm³/mol. The normalized spacial score (nSPS) is 10.6. The van der Waals surface area contributed by atoms with Crippen LogP contribution < -0.4 is 16.1 Å². The van der Waals surface area contributed by atoms with E-state index in [-0.39, 0.29) is 27.8 Å². The SMILES string of the molecule is CONC(=O)c1cnc(Cl)cc1Nc1cccc(F)c1NC[SH](=O)=O. The first-order chi connectivity index (χ1) is 11.9. The van der Waals surface area contributed by atoms with Crippen LogP contribution in [0.2, 0.25) is 5.15 Å². The van der Waals surface area contributed by atoms with Crippen LogP contribution in [0.1, 0.15) is 10.4 Å². The number of carbonyl (C=O) groups excluding carboxylic acids is 1. The topological polar surface area (TPSA) is 109 Å². The molecule has 25 heavy (non-hydrogen) atoms. The zero-order valence-corrected chi connectivity index (χ0v) is 14.5. The quantitative estimate of drug-likeness (QED) is 0.326. The lowest BCUT2D eigenvalue weighted by Gasteiger charge is -2.15. The Balaban J connectivity index is 2.41. The number of nitrogens with zero attached hydrogens (tertiary/aromatic N) is 1. The summed E-state index contributed by atoms with van der Waals surface area (Å²) in [5.41, 5.74) is 2.62. The van der Waals surface area contributed by atoms with Crippen LogP contribution in [0.5, 0.6) is 0 Å². The standard InChI is InChI=1S/C14H14ClFN4O4S/c1-24-20-14(21)8-6-17-12(15)5-11(8)19-10-4-2-3-9(16)13(10)18-7-25(22)23/h2-6,18,25H,7H2,1H3,(H,17,19)(H,20,21). The molecule has 1 heterocycles. The van der Waals surface area contributed by atoms with Crippen LogP contribution in [-0.4, -0.2) is 32.3 Å². The van der Waals surface area contributed by atoms with Gasteiger partial charge in [0, 0.05) is 6.20 Å². The van der Waals surface area contributed by atoms with Gasteiger partial charge in [0.05, 0.1) is 29.7 Å². The first-order valence-corrected chi connectivity index (χ1v) is 8.56. The summed E-state index contributed by atoms with van der Waals surface area (Å²) < 4.78 is 35.5.